The Bertz CT molecular complexity index is 1020. The van der Waals surface area contributed by atoms with Crippen LogP contribution in [0.3, 0.4) is 0 Å². The van der Waals surface area contributed by atoms with Crippen LogP contribution in [0.2, 0.25) is 5.02 Å². The zero-order chi connectivity index (χ0) is 20.6. The third-order valence-corrected chi connectivity index (χ3v) is 6.10. The average molecular weight is 408 g/mol. The molecule has 1 aromatic heterocycles. The van der Waals surface area contributed by atoms with E-state index in [0.717, 1.165) is 23.4 Å². The number of aromatic nitrogens is 2. The van der Waals surface area contributed by atoms with Crippen LogP contribution >= 0.6 is 11.6 Å². The summed E-state index contributed by atoms with van der Waals surface area (Å²) >= 11 is 6.21. The fourth-order valence-corrected chi connectivity index (χ4v) is 4.90. The summed E-state index contributed by atoms with van der Waals surface area (Å²) in [4.78, 5) is 17.5. The summed E-state index contributed by atoms with van der Waals surface area (Å²) in [6.07, 6.45) is 5.16. The van der Waals surface area contributed by atoms with Gasteiger partial charge in [-0.3, -0.25) is 4.79 Å². The molecule has 0 bridgehead atoms. The van der Waals surface area contributed by atoms with Crippen LogP contribution in [-0.4, -0.2) is 21.5 Å². The van der Waals surface area contributed by atoms with Crippen molar-refractivity contribution in [3.05, 3.63) is 77.1 Å². The Balaban J connectivity index is 1.95. The number of amides is 1. The Kier molecular flexibility index (Phi) is 5.22. The molecule has 0 spiro atoms. The van der Waals surface area contributed by atoms with Crippen molar-refractivity contribution in [1.29, 1.82) is 0 Å². The lowest BCUT2D eigenvalue weighted by Gasteiger charge is -2.40. The van der Waals surface area contributed by atoms with Crippen molar-refractivity contribution in [2.45, 2.75) is 45.2 Å². The molecule has 150 valence electrons. The highest BCUT2D eigenvalue weighted by Crippen LogP contribution is 2.52. The number of halogens is 1. The van der Waals surface area contributed by atoms with Gasteiger partial charge in [-0.15, -0.1) is 0 Å². The first kappa shape index (κ1) is 19.7. The molecule has 1 aliphatic rings. The molecule has 0 radical (unpaired) electrons. The molecular weight excluding hydrogens is 382 g/mol. The maximum atomic E-state index is 12.8. The lowest BCUT2D eigenvalue weighted by Crippen LogP contribution is -2.44. The average Bonchev–Trinajstić information content (AvgIpc) is 3.27. The third-order valence-electron chi connectivity index (χ3n) is 5.85. The van der Waals surface area contributed by atoms with E-state index in [-0.39, 0.29) is 17.9 Å². The largest absolute Gasteiger partial charge is 0.354 e. The lowest BCUT2D eigenvalue weighted by molar-refractivity contribution is -0.123. The van der Waals surface area contributed by atoms with Gasteiger partial charge in [-0.2, -0.15) is 0 Å². The van der Waals surface area contributed by atoms with Crippen LogP contribution in [0.1, 0.15) is 44.7 Å². The van der Waals surface area contributed by atoms with Gasteiger partial charge in [0, 0.05) is 35.4 Å². The van der Waals surface area contributed by atoms with Crippen LogP contribution in [0.15, 0.2) is 60.9 Å². The fraction of sp³-hybridized carbons (Fsp3) is 0.333. The highest BCUT2D eigenvalue weighted by molar-refractivity contribution is 6.30. The van der Waals surface area contributed by atoms with Gasteiger partial charge < -0.3 is 9.88 Å². The standard InChI is InChI=1S/C24H26ClN3O/c1-4-17(15-22(29)27-16(2)3)24(18-9-11-19(25)12-10-18)21-8-6-5-7-20(21)23-26-13-14-28(23)24/h5-14,16-17H,4,15H2,1-3H3,(H,27,29). The van der Waals surface area contributed by atoms with Crippen molar-refractivity contribution in [2.24, 2.45) is 5.92 Å². The smallest absolute Gasteiger partial charge is 0.220 e. The van der Waals surface area contributed by atoms with Crippen molar-refractivity contribution >= 4 is 17.5 Å². The topological polar surface area (TPSA) is 46.9 Å². The third kappa shape index (κ3) is 3.16. The molecule has 2 unspecified atom stereocenters. The van der Waals surface area contributed by atoms with E-state index in [4.69, 9.17) is 11.6 Å². The maximum Gasteiger partial charge on any atom is 0.220 e. The zero-order valence-electron chi connectivity index (χ0n) is 17.0. The number of nitrogens with zero attached hydrogens (tertiary/aromatic N) is 2. The molecule has 1 amide bonds. The molecule has 0 fully saturated rings. The number of hydrogen-bond acceptors (Lipinski definition) is 2. The van der Waals surface area contributed by atoms with Gasteiger partial charge in [-0.25, -0.2) is 4.98 Å². The number of carbonyl (C=O) groups excluding carboxylic acids is 1. The summed E-state index contributed by atoms with van der Waals surface area (Å²) in [6.45, 7) is 6.14. The predicted octanol–water partition coefficient (Wildman–Crippen LogP) is 5.25. The van der Waals surface area contributed by atoms with Crippen LogP contribution in [0, 0.1) is 5.92 Å². The van der Waals surface area contributed by atoms with E-state index in [2.05, 4.69) is 52.1 Å². The second kappa shape index (κ2) is 7.68. The fourth-order valence-electron chi connectivity index (χ4n) is 4.77. The van der Waals surface area contributed by atoms with Crippen LogP contribution in [0.25, 0.3) is 11.4 Å². The predicted molar refractivity (Wildman–Crippen MR) is 117 cm³/mol. The SMILES string of the molecule is CCC(CC(=O)NC(C)C)C1(c2ccc(Cl)cc2)c2ccccc2-c2nccn21. The number of nitrogens with one attached hydrogen (secondary N) is 1. The van der Waals surface area contributed by atoms with E-state index in [0.29, 0.717) is 11.4 Å². The van der Waals surface area contributed by atoms with Crippen molar-refractivity contribution in [1.82, 2.24) is 14.9 Å². The molecule has 29 heavy (non-hydrogen) atoms. The number of carbonyl (C=O) groups is 1. The number of imidazole rings is 1. The first-order valence-electron chi connectivity index (χ1n) is 10.2. The van der Waals surface area contributed by atoms with Gasteiger partial charge >= 0.3 is 0 Å². The van der Waals surface area contributed by atoms with Gasteiger partial charge in [0.15, 0.2) is 0 Å². The Morgan fingerprint density at radius 1 is 1.17 bits per heavy atom. The van der Waals surface area contributed by atoms with Crippen LogP contribution in [0.4, 0.5) is 0 Å². The Morgan fingerprint density at radius 2 is 1.90 bits per heavy atom. The van der Waals surface area contributed by atoms with E-state index in [1.54, 1.807) is 0 Å². The lowest BCUT2D eigenvalue weighted by atomic mass is 9.70. The monoisotopic (exact) mass is 407 g/mol. The molecule has 5 heteroatoms. The highest BCUT2D eigenvalue weighted by Gasteiger charge is 2.50. The van der Waals surface area contributed by atoms with E-state index >= 15 is 0 Å². The molecule has 2 aromatic carbocycles. The summed E-state index contributed by atoms with van der Waals surface area (Å²) in [5.41, 5.74) is 2.93. The first-order chi connectivity index (χ1) is 14.0. The number of rotatable bonds is 6. The van der Waals surface area contributed by atoms with Gasteiger partial charge in [0.1, 0.15) is 11.4 Å². The Labute approximate surface area is 176 Å². The van der Waals surface area contributed by atoms with Crippen molar-refractivity contribution in [2.75, 3.05) is 0 Å². The Morgan fingerprint density at radius 3 is 2.59 bits per heavy atom. The minimum absolute atomic E-state index is 0.0547. The molecule has 0 saturated carbocycles. The van der Waals surface area contributed by atoms with E-state index in [1.165, 1.54) is 5.56 Å². The number of benzene rings is 2. The quantitative estimate of drug-likeness (QED) is 0.606. The second-order valence-electron chi connectivity index (χ2n) is 7.97. The van der Waals surface area contributed by atoms with Crippen LogP contribution in [-0.2, 0) is 10.3 Å². The molecule has 2 atom stereocenters. The second-order valence-corrected chi connectivity index (χ2v) is 8.41. The first-order valence-corrected chi connectivity index (χ1v) is 10.5. The molecule has 3 aromatic rings. The Hall–Kier alpha value is -2.59. The van der Waals surface area contributed by atoms with Gasteiger partial charge in [0.2, 0.25) is 5.91 Å². The van der Waals surface area contributed by atoms with E-state index in [9.17, 15) is 4.79 Å². The van der Waals surface area contributed by atoms with Gasteiger partial charge in [0.05, 0.1) is 0 Å². The van der Waals surface area contributed by atoms with Gasteiger partial charge in [0.25, 0.3) is 0 Å². The van der Waals surface area contributed by atoms with E-state index < -0.39 is 5.54 Å². The normalized spacial score (nSPS) is 18.4. The van der Waals surface area contributed by atoms with Crippen molar-refractivity contribution < 1.29 is 4.79 Å². The minimum Gasteiger partial charge on any atom is -0.354 e. The molecule has 0 saturated heterocycles. The molecule has 1 N–H and O–H groups in total. The summed E-state index contributed by atoms with van der Waals surface area (Å²) < 4.78 is 2.25. The summed E-state index contributed by atoms with van der Waals surface area (Å²) in [7, 11) is 0. The van der Waals surface area contributed by atoms with Crippen molar-refractivity contribution in [3.63, 3.8) is 0 Å². The summed E-state index contributed by atoms with van der Waals surface area (Å²) in [5, 5.41) is 3.77. The number of hydrogen-bond donors (Lipinski definition) is 1. The maximum absolute atomic E-state index is 12.8. The number of fused-ring (bicyclic) bond motifs is 3. The molecule has 0 aliphatic carbocycles. The van der Waals surface area contributed by atoms with Crippen molar-refractivity contribution in [3.8, 4) is 11.4 Å². The molecular formula is C24H26ClN3O. The van der Waals surface area contributed by atoms with Crippen LogP contribution < -0.4 is 5.32 Å². The molecule has 4 nitrogen and oxygen atoms in total. The summed E-state index contributed by atoms with van der Waals surface area (Å²) in [5.74, 6) is 1.07. The van der Waals surface area contributed by atoms with Gasteiger partial charge in [-0.05, 0) is 49.4 Å². The van der Waals surface area contributed by atoms with Crippen LogP contribution in [0.5, 0.6) is 0 Å². The molecule has 1 aliphatic heterocycles. The molecule has 2 heterocycles. The molecule has 4 rings (SSSR count). The van der Waals surface area contributed by atoms with Gasteiger partial charge in [-0.1, -0.05) is 54.9 Å². The minimum atomic E-state index is -0.504. The zero-order valence-corrected chi connectivity index (χ0v) is 17.8. The van der Waals surface area contributed by atoms with E-state index in [1.807, 2.05) is 44.4 Å². The summed E-state index contributed by atoms with van der Waals surface area (Å²) in [6, 6.07) is 16.5. The highest BCUT2D eigenvalue weighted by atomic mass is 35.5.